The van der Waals surface area contributed by atoms with Crippen LogP contribution < -0.4 is 10.6 Å². The molecule has 2 aliphatic rings. The maximum absolute atomic E-state index is 11.5. The molecule has 3 atom stereocenters. The van der Waals surface area contributed by atoms with E-state index in [9.17, 15) is 8.42 Å². The van der Waals surface area contributed by atoms with E-state index < -0.39 is 9.84 Å². The van der Waals surface area contributed by atoms with Crippen LogP contribution in [0, 0.1) is 0 Å². The van der Waals surface area contributed by atoms with E-state index in [0.717, 1.165) is 18.4 Å². The first kappa shape index (κ1) is 17.8. The predicted molar refractivity (Wildman–Crippen MR) is 97.7 cm³/mol. The molecule has 8 heteroatoms. The molecular formula is C16H21ClN2O3S2. The van der Waals surface area contributed by atoms with Crippen LogP contribution in [-0.2, 0) is 14.6 Å². The quantitative estimate of drug-likeness (QED) is 0.756. The third-order valence-electron chi connectivity index (χ3n) is 4.06. The highest BCUT2D eigenvalue weighted by molar-refractivity contribution is 8.01. The second-order valence-corrected chi connectivity index (χ2v) is 10.3. The van der Waals surface area contributed by atoms with E-state index in [-0.39, 0.29) is 10.8 Å². The van der Waals surface area contributed by atoms with Gasteiger partial charge in [0.25, 0.3) is 0 Å². The number of ether oxygens (including phenoxy) is 1. The fourth-order valence-electron chi connectivity index (χ4n) is 2.73. The van der Waals surface area contributed by atoms with Gasteiger partial charge in [0.1, 0.15) is 6.61 Å². The van der Waals surface area contributed by atoms with Crippen molar-refractivity contribution in [2.75, 3.05) is 19.4 Å². The molecule has 2 N–H and O–H groups in total. The molecule has 2 aliphatic heterocycles. The fraction of sp³-hybridized carbons (Fsp3) is 0.500. The lowest BCUT2D eigenvalue weighted by Gasteiger charge is -2.27. The molecule has 24 heavy (non-hydrogen) atoms. The number of thioether (sulfide) groups is 1. The van der Waals surface area contributed by atoms with Crippen molar-refractivity contribution < 1.29 is 13.2 Å². The van der Waals surface area contributed by atoms with Crippen LogP contribution in [0.2, 0.25) is 0 Å². The Morgan fingerprint density at radius 3 is 2.67 bits per heavy atom. The summed E-state index contributed by atoms with van der Waals surface area (Å²) in [5.74, 6) is 0.706. The van der Waals surface area contributed by atoms with E-state index in [4.69, 9.17) is 16.3 Å². The zero-order chi connectivity index (χ0) is 17.2. The van der Waals surface area contributed by atoms with Gasteiger partial charge in [-0.05, 0) is 30.5 Å². The van der Waals surface area contributed by atoms with Crippen LogP contribution in [0.15, 0.2) is 41.2 Å². The highest BCUT2D eigenvalue weighted by Crippen LogP contribution is 2.36. The lowest BCUT2D eigenvalue weighted by atomic mass is 10.1. The van der Waals surface area contributed by atoms with Gasteiger partial charge in [0, 0.05) is 18.1 Å². The van der Waals surface area contributed by atoms with E-state index in [0.29, 0.717) is 29.2 Å². The number of hydrogen-bond donors (Lipinski definition) is 2. The molecule has 2 heterocycles. The van der Waals surface area contributed by atoms with Crippen LogP contribution in [0.1, 0.15) is 24.4 Å². The zero-order valence-electron chi connectivity index (χ0n) is 13.4. The van der Waals surface area contributed by atoms with Gasteiger partial charge in [-0.2, -0.15) is 0 Å². The largest absolute Gasteiger partial charge is 0.477 e. The molecule has 1 saturated heterocycles. The molecule has 5 nitrogen and oxygen atoms in total. The lowest BCUT2D eigenvalue weighted by Crippen LogP contribution is -2.36. The lowest BCUT2D eigenvalue weighted by molar-refractivity contribution is 0.174. The van der Waals surface area contributed by atoms with Crippen LogP contribution in [0.3, 0.4) is 0 Å². The molecule has 3 rings (SSSR count). The highest BCUT2D eigenvalue weighted by Gasteiger charge is 2.25. The van der Waals surface area contributed by atoms with Crippen LogP contribution in [0.25, 0.3) is 0 Å². The van der Waals surface area contributed by atoms with Crippen molar-refractivity contribution in [1.29, 1.82) is 0 Å². The Labute approximate surface area is 152 Å². The van der Waals surface area contributed by atoms with Gasteiger partial charge in [-0.3, -0.25) is 0 Å². The molecule has 132 valence electrons. The SMILES string of the molecule is CS(=O)(=O)c1ccc(C2CNC=C(OCC3CCC(Cl)S3)N2)cc1. The molecule has 0 amide bonds. The molecule has 0 aromatic heterocycles. The molecule has 1 fully saturated rings. The maximum Gasteiger partial charge on any atom is 0.203 e. The molecule has 0 spiro atoms. The summed E-state index contributed by atoms with van der Waals surface area (Å²) in [7, 11) is -3.17. The summed E-state index contributed by atoms with van der Waals surface area (Å²) >= 11 is 7.86. The van der Waals surface area contributed by atoms with Crippen LogP contribution in [-0.4, -0.2) is 37.8 Å². The number of sulfone groups is 1. The minimum Gasteiger partial charge on any atom is -0.477 e. The van der Waals surface area contributed by atoms with Gasteiger partial charge in [-0.1, -0.05) is 12.1 Å². The Kier molecular flexibility index (Phi) is 5.52. The molecule has 0 radical (unpaired) electrons. The van der Waals surface area contributed by atoms with Crippen molar-refractivity contribution >= 4 is 33.2 Å². The van der Waals surface area contributed by atoms with E-state index in [2.05, 4.69) is 10.6 Å². The number of nitrogens with one attached hydrogen (secondary N) is 2. The van der Waals surface area contributed by atoms with Gasteiger partial charge in [0.2, 0.25) is 5.88 Å². The molecule has 0 aliphatic carbocycles. The second kappa shape index (κ2) is 7.45. The molecule has 1 aromatic carbocycles. The van der Waals surface area contributed by atoms with Crippen molar-refractivity contribution in [3.8, 4) is 0 Å². The summed E-state index contributed by atoms with van der Waals surface area (Å²) in [6, 6.07) is 6.99. The Hall–Kier alpha value is -1.05. The van der Waals surface area contributed by atoms with Crippen molar-refractivity contribution in [2.45, 2.75) is 33.7 Å². The summed E-state index contributed by atoms with van der Waals surface area (Å²) < 4.78 is 29.1. The minimum atomic E-state index is -3.17. The van der Waals surface area contributed by atoms with Crippen LogP contribution in [0.5, 0.6) is 0 Å². The minimum absolute atomic E-state index is 0.0376. The summed E-state index contributed by atoms with van der Waals surface area (Å²) in [5, 5.41) is 6.99. The summed E-state index contributed by atoms with van der Waals surface area (Å²) in [4.78, 5) is 0.330. The van der Waals surface area contributed by atoms with E-state index in [1.807, 2.05) is 18.3 Å². The highest BCUT2D eigenvalue weighted by atomic mass is 35.5. The summed E-state index contributed by atoms with van der Waals surface area (Å²) in [6.07, 6.45) is 5.15. The summed E-state index contributed by atoms with van der Waals surface area (Å²) in [5.41, 5.74) is 1.01. The molecular weight excluding hydrogens is 368 g/mol. The number of rotatable bonds is 5. The molecule has 0 saturated carbocycles. The number of alkyl halides is 1. The van der Waals surface area contributed by atoms with Crippen LogP contribution >= 0.6 is 23.4 Å². The van der Waals surface area contributed by atoms with Crippen molar-refractivity contribution in [3.63, 3.8) is 0 Å². The molecule has 1 aromatic rings. The topological polar surface area (TPSA) is 67.4 Å². The van der Waals surface area contributed by atoms with E-state index in [1.165, 1.54) is 6.26 Å². The Bertz CT molecular complexity index is 707. The van der Waals surface area contributed by atoms with E-state index in [1.54, 1.807) is 23.9 Å². The Morgan fingerprint density at radius 2 is 2.04 bits per heavy atom. The first-order chi connectivity index (χ1) is 11.4. The van der Waals surface area contributed by atoms with Crippen LogP contribution in [0.4, 0.5) is 0 Å². The normalized spacial score (nSPS) is 27.1. The predicted octanol–water partition coefficient (Wildman–Crippen LogP) is 2.60. The van der Waals surface area contributed by atoms with E-state index >= 15 is 0 Å². The summed E-state index contributed by atoms with van der Waals surface area (Å²) in [6.45, 7) is 1.35. The first-order valence-electron chi connectivity index (χ1n) is 7.84. The fourth-order valence-corrected chi connectivity index (χ4v) is 5.03. The first-order valence-corrected chi connectivity index (χ1v) is 11.1. The van der Waals surface area contributed by atoms with Gasteiger partial charge >= 0.3 is 0 Å². The molecule has 0 bridgehead atoms. The Morgan fingerprint density at radius 1 is 1.29 bits per heavy atom. The number of hydrogen-bond acceptors (Lipinski definition) is 6. The number of halogens is 1. The Balaban J connectivity index is 1.57. The average molecular weight is 389 g/mol. The zero-order valence-corrected chi connectivity index (χ0v) is 15.8. The van der Waals surface area contributed by atoms with Crippen molar-refractivity contribution in [3.05, 3.63) is 41.9 Å². The van der Waals surface area contributed by atoms with Crippen molar-refractivity contribution in [2.24, 2.45) is 0 Å². The second-order valence-electron chi connectivity index (χ2n) is 6.01. The monoisotopic (exact) mass is 388 g/mol. The van der Waals surface area contributed by atoms with Gasteiger partial charge in [-0.25, -0.2) is 8.42 Å². The van der Waals surface area contributed by atoms with Crippen molar-refractivity contribution in [1.82, 2.24) is 10.6 Å². The maximum atomic E-state index is 11.5. The van der Waals surface area contributed by atoms with Gasteiger partial charge < -0.3 is 15.4 Å². The van der Waals surface area contributed by atoms with Gasteiger partial charge in [0.15, 0.2) is 9.84 Å². The third-order valence-corrected chi connectivity index (χ3v) is 7.01. The number of benzene rings is 1. The molecule has 3 unspecified atom stereocenters. The standard InChI is InChI=1S/C16H21ClN2O3S2/c1-24(20,21)13-5-2-11(3-6-13)14-8-18-9-16(19-14)22-10-12-4-7-15(17)23-12/h2-3,5-6,9,12,14-15,18-19H,4,7-8,10H2,1H3. The smallest absolute Gasteiger partial charge is 0.203 e. The average Bonchev–Trinajstić information content (AvgIpc) is 2.98. The van der Waals surface area contributed by atoms with Gasteiger partial charge in [0.05, 0.1) is 21.8 Å². The van der Waals surface area contributed by atoms with Gasteiger partial charge in [-0.15, -0.1) is 23.4 Å². The third kappa shape index (κ3) is 4.52.